The van der Waals surface area contributed by atoms with Crippen LogP contribution in [0.5, 0.6) is 0 Å². The summed E-state index contributed by atoms with van der Waals surface area (Å²) in [7, 11) is 1.59. The number of carbonyl (C=O) groups is 1. The molecule has 2 aliphatic heterocycles. The van der Waals surface area contributed by atoms with Crippen molar-refractivity contribution in [1.29, 1.82) is 5.26 Å². The number of aliphatic imine (C=N–C) groups is 1. The number of carbonyl (C=O) groups excluding carboxylic acids is 1. The summed E-state index contributed by atoms with van der Waals surface area (Å²) in [5.74, 6) is -1.46. The van der Waals surface area contributed by atoms with Crippen LogP contribution in [0.3, 0.4) is 0 Å². The van der Waals surface area contributed by atoms with Crippen molar-refractivity contribution in [3.8, 4) is 17.2 Å². The highest BCUT2D eigenvalue weighted by Gasteiger charge is 2.56. The number of nitrogens with two attached hydrogens (primary N) is 1. The number of hydrogen-bond acceptors (Lipinski definition) is 6. The van der Waals surface area contributed by atoms with Crippen molar-refractivity contribution in [3.63, 3.8) is 0 Å². The number of anilines is 1. The first-order valence-electron chi connectivity index (χ1n) is 10.2. The molecule has 0 radical (unpaired) electrons. The molecule has 1 saturated heterocycles. The predicted molar refractivity (Wildman–Crippen MR) is 123 cm³/mol. The number of rotatable bonds is 3. The quantitative estimate of drug-likeness (QED) is 0.642. The highest BCUT2D eigenvalue weighted by molar-refractivity contribution is 7.10. The van der Waals surface area contributed by atoms with Crippen LogP contribution in [0.1, 0.15) is 10.4 Å². The van der Waals surface area contributed by atoms with E-state index in [1.807, 2.05) is 22.4 Å². The normalized spacial score (nSPS) is 22.2. The zero-order valence-electron chi connectivity index (χ0n) is 17.6. The van der Waals surface area contributed by atoms with Crippen molar-refractivity contribution in [2.45, 2.75) is 5.54 Å². The summed E-state index contributed by atoms with van der Waals surface area (Å²) in [5.41, 5.74) is 7.32. The summed E-state index contributed by atoms with van der Waals surface area (Å²) >= 11 is 1.43. The van der Waals surface area contributed by atoms with Crippen molar-refractivity contribution in [2.75, 3.05) is 25.0 Å². The van der Waals surface area contributed by atoms with Crippen LogP contribution in [0, 0.1) is 28.9 Å². The van der Waals surface area contributed by atoms with Gasteiger partial charge in [-0.2, -0.15) is 5.26 Å². The van der Waals surface area contributed by atoms with E-state index in [9.17, 15) is 13.6 Å². The molecule has 1 aromatic heterocycles. The van der Waals surface area contributed by atoms with E-state index in [1.54, 1.807) is 25.2 Å². The van der Waals surface area contributed by atoms with E-state index >= 15 is 0 Å². The number of nitrogens with zero attached hydrogens (tertiary/aromatic N) is 4. The lowest BCUT2D eigenvalue weighted by Crippen LogP contribution is -2.54. The number of amides is 1. The van der Waals surface area contributed by atoms with Gasteiger partial charge in [-0.3, -0.25) is 9.69 Å². The Morgan fingerprint density at radius 3 is 2.79 bits per heavy atom. The molecule has 2 aromatic carbocycles. The molecule has 166 valence electrons. The average Bonchev–Trinajstić information content (AvgIpc) is 3.44. The molecule has 0 aliphatic carbocycles. The Morgan fingerprint density at radius 1 is 1.21 bits per heavy atom. The van der Waals surface area contributed by atoms with E-state index in [2.05, 4.69) is 0 Å². The molecule has 2 N–H and O–H groups in total. The molecule has 3 heterocycles. The van der Waals surface area contributed by atoms with Gasteiger partial charge in [-0.1, -0.05) is 12.1 Å². The van der Waals surface area contributed by atoms with Crippen LogP contribution in [0.4, 0.5) is 14.5 Å². The molecule has 2 aliphatic rings. The number of nitriles is 1. The number of guanidine groups is 1. The Morgan fingerprint density at radius 2 is 2.03 bits per heavy atom. The van der Waals surface area contributed by atoms with Gasteiger partial charge < -0.3 is 10.6 Å². The van der Waals surface area contributed by atoms with Crippen molar-refractivity contribution in [1.82, 2.24) is 4.90 Å². The van der Waals surface area contributed by atoms with Crippen LogP contribution in [0.25, 0.3) is 11.1 Å². The molecule has 1 amide bonds. The van der Waals surface area contributed by atoms with Gasteiger partial charge in [-0.25, -0.2) is 13.8 Å². The van der Waals surface area contributed by atoms with Gasteiger partial charge in [-0.15, -0.1) is 11.3 Å². The third kappa shape index (κ3) is 3.34. The van der Waals surface area contributed by atoms with Gasteiger partial charge in [0.05, 0.1) is 11.5 Å². The van der Waals surface area contributed by atoms with Gasteiger partial charge >= 0.3 is 0 Å². The van der Waals surface area contributed by atoms with Gasteiger partial charge in [0.2, 0.25) is 5.91 Å². The van der Waals surface area contributed by atoms with Crippen molar-refractivity contribution in [3.05, 3.63) is 76.0 Å². The molecule has 3 aromatic rings. The van der Waals surface area contributed by atoms with E-state index in [1.165, 1.54) is 40.5 Å². The number of thiophene rings is 1. The van der Waals surface area contributed by atoms with Gasteiger partial charge in [0.15, 0.2) is 5.96 Å². The first kappa shape index (κ1) is 21.1. The first-order chi connectivity index (χ1) is 15.8. The lowest BCUT2D eigenvalue weighted by atomic mass is 9.83. The largest absolute Gasteiger partial charge is 0.369 e. The molecule has 0 spiro atoms. The number of halogens is 2. The zero-order valence-corrected chi connectivity index (χ0v) is 18.4. The smallest absolute Gasteiger partial charge is 0.236 e. The second kappa shape index (κ2) is 7.67. The standard InChI is InChI=1S/C24H19F2N5OS/c1-30-22(32)19-11-31(18-4-2-3-17(25)9-18)13-24(19,29-23(30)28)21-8-16(12-33-21)14-5-6-20(26)15(7-14)10-27/h2-9,12,19H,11,13H2,1H3,(H2,28,29)/t19?,24-/m0/s1. The van der Waals surface area contributed by atoms with E-state index in [4.69, 9.17) is 16.0 Å². The fourth-order valence-electron chi connectivity index (χ4n) is 4.54. The fraction of sp³-hybridized carbons (Fsp3) is 0.208. The Kier molecular flexibility index (Phi) is 4.91. The van der Waals surface area contributed by atoms with Crippen molar-refractivity contribution in [2.24, 2.45) is 16.6 Å². The maximum absolute atomic E-state index is 13.9. The number of fused-ring (bicyclic) bond motifs is 1. The summed E-state index contributed by atoms with van der Waals surface area (Å²) in [5, 5.41) is 11.1. The van der Waals surface area contributed by atoms with Crippen LogP contribution >= 0.6 is 11.3 Å². The SMILES string of the molecule is CN1C(=O)C2CN(c3cccc(F)c3)C[C@]2(c2cc(-c3ccc(F)c(C#N)c3)cs2)N=C1N. The molecule has 2 atom stereocenters. The third-order valence-electron chi connectivity index (χ3n) is 6.32. The maximum atomic E-state index is 13.9. The predicted octanol–water partition coefficient (Wildman–Crippen LogP) is 3.68. The Hall–Kier alpha value is -3.77. The first-order valence-corrected chi connectivity index (χ1v) is 11.1. The summed E-state index contributed by atoms with van der Waals surface area (Å²) in [6.07, 6.45) is 0. The van der Waals surface area contributed by atoms with E-state index in [0.717, 1.165) is 10.4 Å². The summed E-state index contributed by atoms with van der Waals surface area (Å²) in [4.78, 5) is 22.2. The second-order valence-corrected chi connectivity index (χ2v) is 9.12. The lowest BCUT2D eigenvalue weighted by Gasteiger charge is -2.36. The van der Waals surface area contributed by atoms with Crippen molar-refractivity contribution >= 4 is 28.9 Å². The lowest BCUT2D eigenvalue weighted by molar-refractivity contribution is -0.132. The Balaban J connectivity index is 1.60. The van der Waals surface area contributed by atoms with Gasteiger partial charge in [0.1, 0.15) is 23.2 Å². The minimum atomic E-state index is -0.930. The molecule has 0 bridgehead atoms. The molecule has 33 heavy (non-hydrogen) atoms. The number of hydrogen-bond donors (Lipinski definition) is 1. The minimum Gasteiger partial charge on any atom is -0.369 e. The molecule has 1 fully saturated rings. The highest BCUT2D eigenvalue weighted by Crippen LogP contribution is 2.48. The summed E-state index contributed by atoms with van der Waals surface area (Å²) in [6.45, 7) is 0.722. The van der Waals surface area contributed by atoms with Crippen molar-refractivity contribution < 1.29 is 13.6 Å². The van der Waals surface area contributed by atoms with Gasteiger partial charge in [0, 0.05) is 30.7 Å². The molecule has 0 saturated carbocycles. The highest BCUT2D eigenvalue weighted by atomic mass is 32.1. The third-order valence-corrected chi connectivity index (χ3v) is 7.41. The second-order valence-electron chi connectivity index (χ2n) is 8.21. The van der Waals surface area contributed by atoms with Gasteiger partial charge in [-0.05, 0) is 52.9 Å². The summed E-state index contributed by atoms with van der Waals surface area (Å²) in [6, 6.07) is 14.4. The van der Waals surface area contributed by atoms with Crippen LogP contribution in [0.15, 0.2) is 58.9 Å². The zero-order chi connectivity index (χ0) is 23.3. The minimum absolute atomic E-state index is 0.0360. The monoisotopic (exact) mass is 463 g/mol. The topological polar surface area (TPSA) is 85.7 Å². The summed E-state index contributed by atoms with van der Waals surface area (Å²) < 4.78 is 27.7. The molecule has 5 rings (SSSR count). The Labute approximate surface area is 193 Å². The van der Waals surface area contributed by atoms with E-state index in [-0.39, 0.29) is 23.2 Å². The van der Waals surface area contributed by atoms with E-state index in [0.29, 0.717) is 24.3 Å². The average molecular weight is 464 g/mol. The number of benzene rings is 2. The fourth-order valence-corrected chi connectivity index (χ4v) is 5.65. The maximum Gasteiger partial charge on any atom is 0.236 e. The van der Waals surface area contributed by atoms with Gasteiger partial charge in [0.25, 0.3) is 0 Å². The van der Waals surface area contributed by atoms with Crippen LogP contribution < -0.4 is 10.6 Å². The molecular formula is C24H19F2N5OS. The molecule has 9 heteroatoms. The van der Waals surface area contributed by atoms with E-state index < -0.39 is 17.3 Å². The van der Waals surface area contributed by atoms with Crippen LogP contribution in [0.2, 0.25) is 0 Å². The molecular weight excluding hydrogens is 444 g/mol. The van der Waals surface area contributed by atoms with Crippen LogP contribution in [-0.2, 0) is 10.3 Å². The Bertz CT molecular complexity index is 1350. The molecule has 1 unspecified atom stereocenters. The molecule has 6 nitrogen and oxygen atoms in total. The van der Waals surface area contributed by atoms with Crippen LogP contribution in [-0.4, -0.2) is 36.9 Å².